The third-order valence-corrected chi connectivity index (χ3v) is 7.17. The van der Waals surface area contributed by atoms with E-state index >= 15 is 0 Å². The molecule has 5 rings (SSSR count). The number of nitrogens with zero attached hydrogens (tertiary/aromatic N) is 1. The van der Waals surface area contributed by atoms with Gasteiger partial charge in [-0.25, -0.2) is 0 Å². The molecular weight excluding hydrogens is 462 g/mol. The zero-order valence-electron chi connectivity index (χ0n) is 22.3. The Morgan fingerprint density at radius 1 is 0.865 bits per heavy atom. The number of anilines is 1. The monoisotopic (exact) mass is 499 g/mol. The lowest BCUT2D eigenvalue weighted by Crippen LogP contribution is -2.38. The molecule has 0 amide bonds. The van der Waals surface area contributed by atoms with Crippen LogP contribution >= 0.6 is 0 Å². The maximum Gasteiger partial charge on any atom is 0.161 e. The van der Waals surface area contributed by atoms with E-state index in [1.807, 2.05) is 12.1 Å². The van der Waals surface area contributed by atoms with Gasteiger partial charge in [0.1, 0.15) is 0 Å². The van der Waals surface area contributed by atoms with E-state index in [0.29, 0.717) is 5.92 Å². The predicted molar refractivity (Wildman–Crippen MR) is 152 cm³/mol. The normalized spacial score (nSPS) is 14.3. The minimum Gasteiger partial charge on any atom is -0.493 e. The van der Waals surface area contributed by atoms with Crippen molar-refractivity contribution in [2.24, 2.45) is 0 Å². The van der Waals surface area contributed by atoms with Gasteiger partial charge in [-0.3, -0.25) is 4.90 Å². The number of hydrogen-bond donors (Lipinski definition) is 2. The molecule has 2 N–H and O–H groups in total. The van der Waals surface area contributed by atoms with Crippen LogP contribution in [0.4, 0.5) is 5.69 Å². The number of ether oxygens (including phenoxy) is 3. The second kappa shape index (κ2) is 11.3. The quantitative estimate of drug-likeness (QED) is 0.280. The first-order valence-corrected chi connectivity index (χ1v) is 13.1. The van der Waals surface area contributed by atoms with Gasteiger partial charge < -0.3 is 24.5 Å². The van der Waals surface area contributed by atoms with E-state index in [2.05, 4.69) is 77.6 Å². The molecule has 0 saturated carbocycles. The van der Waals surface area contributed by atoms with Crippen LogP contribution in [-0.2, 0) is 4.74 Å². The van der Waals surface area contributed by atoms with Gasteiger partial charge in [0.25, 0.3) is 0 Å². The van der Waals surface area contributed by atoms with E-state index in [4.69, 9.17) is 14.2 Å². The van der Waals surface area contributed by atoms with Crippen molar-refractivity contribution in [3.8, 4) is 33.9 Å². The zero-order chi connectivity index (χ0) is 25.8. The van der Waals surface area contributed by atoms with Gasteiger partial charge in [0.05, 0.1) is 33.1 Å². The van der Waals surface area contributed by atoms with Crippen LogP contribution in [-0.4, -0.2) is 63.5 Å². The number of rotatable bonds is 9. The summed E-state index contributed by atoms with van der Waals surface area (Å²) < 4.78 is 16.4. The van der Waals surface area contributed by atoms with Crippen molar-refractivity contribution >= 4 is 16.6 Å². The first-order valence-electron chi connectivity index (χ1n) is 13.1. The molecule has 6 nitrogen and oxygen atoms in total. The lowest BCUT2D eigenvalue weighted by Gasteiger charge is -2.26. The van der Waals surface area contributed by atoms with Crippen molar-refractivity contribution in [3.63, 3.8) is 0 Å². The topological polar surface area (TPSA) is 58.8 Å². The highest BCUT2D eigenvalue weighted by molar-refractivity contribution is 5.94. The number of H-pyrrole nitrogens is 1. The molecule has 1 saturated heterocycles. The molecule has 0 atom stereocenters. The minimum absolute atomic E-state index is 0.352. The van der Waals surface area contributed by atoms with Crippen molar-refractivity contribution in [3.05, 3.63) is 66.2 Å². The number of aromatic nitrogens is 1. The number of aromatic amines is 1. The lowest BCUT2D eigenvalue weighted by molar-refractivity contribution is 0.0398. The third kappa shape index (κ3) is 5.45. The number of nitrogens with one attached hydrogen (secondary N) is 2. The van der Waals surface area contributed by atoms with Crippen molar-refractivity contribution in [2.75, 3.05) is 58.9 Å². The SMILES string of the molecule is COc1ccc(-c2[nH]c3ccc(-c4ccc(NCCN5CCOCC5)cc4)cc3c2C(C)C)cc1OC. The van der Waals surface area contributed by atoms with Gasteiger partial charge in [0.2, 0.25) is 0 Å². The Bertz CT molecular complexity index is 1340. The smallest absolute Gasteiger partial charge is 0.161 e. The number of methoxy groups -OCH3 is 2. The summed E-state index contributed by atoms with van der Waals surface area (Å²) in [5.41, 5.74) is 8.24. The molecule has 1 aliphatic heterocycles. The average Bonchev–Trinajstić information content (AvgIpc) is 3.33. The average molecular weight is 500 g/mol. The summed E-state index contributed by atoms with van der Waals surface area (Å²) in [5.74, 6) is 1.81. The summed E-state index contributed by atoms with van der Waals surface area (Å²) in [7, 11) is 3.34. The van der Waals surface area contributed by atoms with E-state index in [1.165, 1.54) is 22.1 Å². The fraction of sp³-hybridized carbons (Fsp3) is 0.355. The van der Waals surface area contributed by atoms with Gasteiger partial charge in [-0.05, 0) is 65.1 Å². The summed E-state index contributed by atoms with van der Waals surface area (Å²) in [6.07, 6.45) is 0. The Hall–Kier alpha value is -3.48. The minimum atomic E-state index is 0.352. The van der Waals surface area contributed by atoms with Crippen molar-refractivity contribution in [1.82, 2.24) is 9.88 Å². The second-order valence-electron chi connectivity index (χ2n) is 9.86. The van der Waals surface area contributed by atoms with Crippen LogP contribution < -0.4 is 14.8 Å². The summed E-state index contributed by atoms with van der Waals surface area (Å²) in [4.78, 5) is 6.11. The molecule has 3 aromatic carbocycles. The first-order chi connectivity index (χ1) is 18.1. The van der Waals surface area contributed by atoms with Crippen LogP contribution in [0.5, 0.6) is 11.5 Å². The van der Waals surface area contributed by atoms with Crippen molar-refractivity contribution < 1.29 is 14.2 Å². The molecule has 2 heterocycles. The number of morpholine rings is 1. The van der Waals surface area contributed by atoms with E-state index < -0.39 is 0 Å². The molecular formula is C31H37N3O3. The molecule has 0 unspecified atom stereocenters. The van der Waals surface area contributed by atoms with Crippen LogP contribution in [0.2, 0.25) is 0 Å². The molecule has 6 heteroatoms. The zero-order valence-corrected chi connectivity index (χ0v) is 22.3. The Balaban J connectivity index is 1.39. The van der Waals surface area contributed by atoms with Crippen LogP contribution in [0.25, 0.3) is 33.3 Å². The highest BCUT2D eigenvalue weighted by Gasteiger charge is 2.18. The Kier molecular flexibility index (Phi) is 7.68. The van der Waals surface area contributed by atoms with Gasteiger partial charge >= 0.3 is 0 Å². The highest BCUT2D eigenvalue weighted by Crippen LogP contribution is 2.40. The molecule has 0 aliphatic carbocycles. The summed E-state index contributed by atoms with van der Waals surface area (Å²) in [5, 5.41) is 4.81. The molecule has 37 heavy (non-hydrogen) atoms. The van der Waals surface area contributed by atoms with E-state index in [-0.39, 0.29) is 0 Å². The van der Waals surface area contributed by atoms with Crippen molar-refractivity contribution in [1.29, 1.82) is 0 Å². The molecule has 1 fully saturated rings. The molecule has 194 valence electrons. The molecule has 0 radical (unpaired) electrons. The summed E-state index contributed by atoms with van der Waals surface area (Å²) >= 11 is 0. The number of hydrogen-bond acceptors (Lipinski definition) is 5. The molecule has 1 aliphatic rings. The molecule has 0 spiro atoms. The largest absolute Gasteiger partial charge is 0.493 e. The standard InChI is InChI=1S/C31H37N3O3/c1-21(2)30-26-19-23(22-5-9-25(10-6-22)32-13-14-34-15-17-37-18-16-34)7-11-27(26)33-31(30)24-8-12-28(35-3)29(20-24)36-4/h5-12,19-21,32-33H,13-18H2,1-4H3. The fourth-order valence-electron chi connectivity index (χ4n) is 5.18. The van der Waals surface area contributed by atoms with E-state index in [1.54, 1.807) is 14.2 Å². The lowest BCUT2D eigenvalue weighted by atomic mass is 9.94. The molecule has 4 aromatic rings. The van der Waals surface area contributed by atoms with Gasteiger partial charge in [-0.15, -0.1) is 0 Å². The maximum absolute atomic E-state index is 5.56. The van der Waals surface area contributed by atoms with Gasteiger partial charge in [-0.1, -0.05) is 32.0 Å². The van der Waals surface area contributed by atoms with E-state index in [9.17, 15) is 0 Å². The third-order valence-electron chi connectivity index (χ3n) is 7.17. The van der Waals surface area contributed by atoms with Crippen LogP contribution in [0.15, 0.2) is 60.7 Å². The number of benzene rings is 3. The predicted octanol–water partition coefficient (Wildman–Crippen LogP) is 6.39. The molecule has 0 bridgehead atoms. The van der Waals surface area contributed by atoms with Crippen LogP contribution in [0.3, 0.4) is 0 Å². The fourth-order valence-corrected chi connectivity index (χ4v) is 5.18. The maximum atomic E-state index is 5.56. The number of fused-ring (bicyclic) bond motifs is 1. The Morgan fingerprint density at radius 2 is 1.57 bits per heavy atom. The van der Waals surface area contributed by atoms with Crippen LogP contribution in [0.1, 0.15) is 25.3 Å². The van der Waals surface area contributed by atoms with Crippen LogP contribution in [0, 0.1) is 0 Å². The Labute approximate surface area is 219 Å². The molecule has 1 aromatic heterocycles. The van der Waals surface area contributed by atoms with Gasteiger partial charge in [0, 0.05) is 48.3 Å². The van der Waals surface area contributed by atoms with Crippen molar-refractivity contribution in [2.45, 2.75) is 19.8 Å². The Morgan fingerprint density at radius 3 is 2.27 bits per heavy atom. The second-order valence-corrected chi connectivity index (χ2v) is 9.86. The van der Waals surface area contributed by atoms with Gasteiger partial charge in [-0.2, -0.15) is 0 Å². The first kappa shape index (κ1) is 25.2. The van der Waals surface area contributed by atoms with Gasteiger partial charge in [0.15, 0.2) is 11.5 Å². The summed E-state index contributed by atoms with van der Waals surface area (Å²) in [6.45, 7) is 10.2. The summed E-state index contributed by atoms with van der Waals surface area (Å²) in [6, 6.07) is 21.5. The highest BCUT2D eigenvalue weighted by atomic mass is 16.5. The van der Waals surface area contributed by atoms with E-state index in [0.717, 1.165) is 73.4 Å².